The monoisotopic (exact) mass is 370 g/mol. The normalized spacial score (nSPS) is 11.1. The fraction of sp³-hybridized carbons (Fsp3) is 0.200. The summed E-state index contributed by atoms with van der Waals surface area (Å²) in [4.78, 5) is 0. The Balaban J connectivity index is 1.38. The second-order valence-corrected chi connectivity index (χ2v) is 6.96. The van der Waals surface area contributed by atoms with Crippen LogP contribution in [0.2, 0.25) is 0 Å². The van der Waals surface area contributed by atoms with E-state index < -0.39 is 0 Å². The van der Waals surface area contributed by atoms with Crippen LogP contribution in [0.25, 0.3) is 21.8 Å². The molecule has 28 heavy (non-hydrogen) atoms. The molecular weight excluding hydrogens is 344 g/mol. The SMILES string of the molecule is C=CCn1c2ccccc2c2ccc(OCCCNCc3ccccc3)cc21. The zero-order valence-electron chi connectivity index (χ0n) is 16.1. The molecule has 4 aromatic rings. The lowest BCUT2D eigenvalue weighted by Gasteiger charge is -2.09. The standard InChI is InChI=1S/C25H26N2O/c1-2-16-27-24-12-7-6-11-22(24)23-14-13-21(18-25(23)27)28-17-8-15-26-19-20-9-4-3-5-10-20/h2-7,9-14,18,26H,1,8,15-17,19H2. The summed E-state index contributed by atoms with van der Waals surface area (Å²) in [5, 5.41) is 6.00. The minimum absolute atomic E-state index is 0.703. The van der Waals surface area contributed by atoms with Crippen molar-refractivity contribution in [1.82, 2.24) is 9.88 Å². The molecule has 0 saturated carbocycles. The highest BCUT2D eigenvalue weighted by atomic mass is 16.5. The fourth-order valence-electron chi connectivity index (χ4n) is 3.66. The van der Waals surface area contributed by atoms with Crippen molar-refractivity contribution < 1.29 is 4.74 Å². The third kappa shape index (κ3) is 3.95. The first-order chi connectivity index (χ1) is 13.9. The number of rotatable bonds is 9. The van der Waals surface area contributed by atoms with Gasteiger partial charge in [0.2, 0.25) is 0 Å². The van der Waals surface area contributed by atoms with Gasteiger partial charge in [0.05, 0.1) is 12.1 Å². The van der Waals surface area contributed by atoms with Crippen LogP contribution in [0.15, 0.2) is 85.5 Å². The average molecular weight is 370 g/mol. The summed E-state index contributed by atoms with van der Waals surface area (Å²) in [7, 11) is 0. The molecule has 0 fully saturated rings. The minimum Gasteiger partial charge on any atom is -0.493 e. The Labute approximate surface area is 166 Å². The summed E-state index contributed by atoms with van der Waals surface area (Å²) in [5.41, 5.74) is 3.74. The van der Waals surface area contributed by atoms with Crippen LogP contribution in [-0.4, -0.2) is 17.7 Å². The van der Waals surface area contributed by atoms with Gasteiger partial charge in [-0.25, -0.2) is 0 Å². The Hall–Kier alpha value is -3.04. The first kappa shape index (κ1) is 18.3. The number of para-hydroxylation sites is 1. The molecular formula is C25H26N2O. The molecule has 0 radical (unpaired) electrons. The topological polar surface area (TPSA) is 26.2 Å². The van der Waals surface area contributed by atoms with E-state index in [1.54, 1.807) is 0 Å². The lowest BCUT2D eigenvalue weighted by molar-refractivity contribution is 0.308. The lowest BCUT2D eigenvalue weighted by atomic mass is 10.1. The molecule has 0 amide bonds. The van der Waals surface area contributed by atoms with Gasteiger partial charge >= 0.3 is 0 Å². The van der Waals surface area contributed by atoms with Gasteiger partial charge < -0.3 is 14.6 Å². The number of allylic oxidation sites excluding steroid dienone is 1. The fourth-order valence-corrected chi connectivity index (χ4v) is 3.66. The van der Waals surface area contributed by atoms with Gasteiger partial charge in [-0.3, -0.25) is 0 Å². The predicted octanol–water partition coefficient (Wildman–Crippen LogP) is 5.54. The van der Waals surface area contributed by atoms with Gasteiger partial charge in [-0.2, -0.15) is 0 Å². The molecule has 0 aliphatic carbocycles. The molecule has 0 atom stereocenters. The van der Waals surface area contributed by atoms with Crippen LogP contribution in [-0.2, 0) is 13.1 Å². The highest BCUT2D eigenvalue weighted by molar-refractivity contribution is 6.08. The first-order valence-electron chi connectivity index (χ1n) is 9.86. The van der Waals surface area contributed by atoms with Gasteiger partial charge in [0.15, 0.2) is 0 Å². The molecule has 0 unspecified atom stereocenters. The number of aromatic nitrogens is 1. The molecule has 3 aromatic carbocycles. The third-order valence-corrected chi connectivity index (χ3v) is 5.00. The first-order valence-corrected chi connectivity index (χ1v) is 9.86. The second-order valence-electron chi connectivity index (χ2n) is 6.96. The molecule has 1 N–H and O–H groups in total. The predicted molar refractivity (Wildman–Crippen MR) is 118 cm³/mol. The summed E-state index contributed by atoms with van der Waals surface area (Å²) in [6, 6.07) is 25.4. The quantitative estimate of drug-likeness (QED) is 0.309. The summed E-state index contributed by atoms with van der Waals surface area (Å²) < 4.78 is 8.31. The minimum atomic E-state index is 0.703. The van der Waals surface area contributed by atoms with Crippen molar-refractivity contribution in [3.05, 3.63) is 91.0 Å². The molecule has 0 spiro atoms. The molecule has 0 aliphatic rings. The Morgan fingerprint density at radius 3 is 2.54 bits per heavy atom. The maximum absolute atomic E-state index is 6.02. The van der Waals surface area contributed by atoms with Crippen LogP contribution in [0.1, 0.15) is 12.0 Å². The summed E-state index contributed by atoms with van der Waals surface area (Å²) in [5.74, 6) is 0.920. The van der Waals surface area contributed by atoms with Gasteiger partial charge in [-0.1, -0.05) is 54.6 Å². The maximum atomic E-state index is 6.02. The number of hydrogen-bond donors (Lipinski definition) is 1. The molecule has 3 heteroatoms. The Bertz CT molecular complexity index is 1070. The molecule has 0 aliphatic heterocycles. The Morgan fingerprint density at radius 2 is 1.68 bits per heavy atom. The van der Waals surface area contributed by atoms with E-state index in [-0.39, 0.29) is 0 Å². The third-order valence-electron chi connectivity index (χ3n) is 5.00. The summed E-state index contributed by atoms with van der Waals surface area (Å²) in [6.07, 6.45) is 2.92. The largest absolute Gasteiger partial charge is 0.493 e. The number of fused-ring (bicyclic) bond motifs is 3. The van der Waals surface area contributed by atoms with Crippen LogP contribution in [0.5, 0.6) is 5.75 Å². The van der Waals surface area contributed by atoms with Crippen LogP contribution in [0.4, 0.5) is 0 Å². The molecule has 4 rings (SSSR count). The molecule has 1 aromatic heterocycles. The molecule has 0 saturated heterocycles. The van der Waals surface area contributed by atoms with E-state index in [2.05, 4.69) is 83.2 Å². The van der Waals surface area contributed by atoms with E-state index in [1.807, 2.05) is 12.1 Å². The highest BCUT2D eigenvalue weighted by Gasteiger charge is 2.10. The van der Waals surface area contributed by atoms with Crippen molar-refractivity contribution >= 4 is 21.8 Å². The van der Waals surface area contributed by atoms with Crippen molar-refractivity contribution in [2.45, 2.75) is 19.5 Å². The van der Waals surface area contributed by atoms with Crippen LogP contribution in [0.3, 0.4) is 0 Å². The Morgan fingerprint density at radius 1 is 0.893 bits per heavy atom. The Kier molecular flexibility index (Phi) is 5.74. The van der Waals surface area contributed by atoms with E-state index in [0.717, 1.165) is 31.8 Å². The van der Waals surface area contributed by atoms with Crippen molar-refractivity contribution in [2.75, 3.05) is 13.2 Å². The molecule has 3 nitrogen and oxygen atoms in total. The molecule has 1 heterocycles. The zero-order valence-corrected chi connectivity index (χ0v) is 16.1. The van der Waals surface area contributed by atoms with Crippen molar-refractivity contribution in [3.63, 3.8) is 0 Å². The van der Waals surface area contributed by atoms with E-state index in [0.29, 0.717) is 6.61 Å². The van der Waals surface area contributed by atoms with Gasteiger partial charge in [0.25, 0.3) is 0 Å². The average Bonchev–Trinajstić information content (AvgIpc) is 3.05. The molecule has 142 valence electrons. The zero-order chi connectivity index (χ0) is 19.2. The summed E-state index contributed by atoms with van der Waals surface area (Å²) >= 11 is 0. The lowest BCUT2D eigenvalue weighted by Crippen LogP contribution is -2.16. The van der Waals surface area contributed by atoms with Crippen molar-refractivity contribution in [1.29, 1.82) is 0 Å². The second kappa shape index (κ2) is 8.77. The van der Waals surface area contributed by atoms with Crippen LogP contribution >= 0.6 is 0 Å². The van der Waals surface area contributed by atoms with E-state index in [9.17, 15) is 0 Å². The maximum Gasteiger partial charge on any atom is 0.121 e. The number of benzene rings is 3. The highest BCUT2D eigenvalue weighted by Crippen LogP contribution is 2.31. The van der Waals surface area contributed by atoms with Crippen molar-refractivity contribution in [3.8, 4) is 5.75 Å². The number of nitrogens with one attached hydrogen (secondary N) is 1. The van der Waals surface area contributed by atoms with Crippen LogP contribution in [0, 0.1) is 0 Å². The number of ether oxygens (including phenoxy) is 1. The van der Waals surface area contributed by atoms with Gasteiger partial charge in [0.1, 0.15) is 5.75 Å². The van der Waals surface area contributed by atoms with Gasteiger partial charge in [-0.05, 0) is 36.7 Å². The van der Waals surface area contributed by atoms with Gasteiger partial charge in [0, 0.05) is 35.4 Å². The van der Waals surface area contributed by atoms with E-state index in [4.69, 9.17) is 4.74 Å². The van der Waals surface area contributed by atoms with Crippen molar-refractivity contribution in [2.24, 2.45) is 0 Å². The smallest absolute Gasteiger partial charge is 0.121 e. The van der Waals surface area contributed by atoms with Gasteiger partial charge in [-0.15, -0.1) is 6.58 Å². The van der Waals surface area contributed by atoms with E-state index >= 15 is 0 Å². The number of nitrogens with zero attached hydrogens (tertiary/aromatic N) is 1. The van der Waals surface area contributed by atoms with E-state index in [1.165, 1.54) is 27.4 Å². The number of hydrogen-bond acceptors (Lipinski definition) is 2. The van der Waals surface area contributed by atoms with Crippen LogP contribution < -0.4 is 10.1 Å². The summed E-state index contributed by atoms with van der Waals surface area (Å²) in [6.45, 7) is 7.24. The molecule has 0 bridgehead atoms.